The molecule has 0 aliphatic heterocycles. The molecular formula is C16H14ClNO2. The number of hydrogen-bond donors (Lipinski definition) is 0. The number of fused-ring (bicyclic) bond motifs is 1. The summed E-state index contributed by atoms with van der Waals surface area (Å²) in [5, 5.41) is 0.638. The van der Waals surface area contributed by atoms with Crippen LogP contribution in [-0.4, -0.2) is 10.4 Å². The van der Waals surface area contributed by atoms with Gasteiger partial charge in [-0.1, -0.05) is 29.8 Å². The molecule has 1 heterocycles. The molecule has 3 rings (SSSR count). The number of rotatable bonds is 2. The van der Waals surface area contributed by atoms with E-state index < -0.39 is 0 Å². The van der Waals surface area contributed by atoms with Crippen molar-refractivity contribution in [3.63, 3.8) is 0 Å². The minimum Gasteiger partial charge on any atom is -0.307 e. The van der Waals surface area contributed by atoms with Crippen LogP contribution in [0.5, 0.6) is 0 Å². The van der Waals surface area contributed by atoms with E-state index in [9.17, 15) is 9.59 Å². The first-order valence-electron chi connectivity index (χ1n) is 6.66. The molecule has 0 fully saturated rings. The van der Waals surface area contributed by atoms with E-state index in [1.54, 1.807) is 10.6 Å². The van der Waals surface area contributed by atoms with Gasteiger partial charge in [-0.3, -0.25) is 9.59 Å². The molecule has 0 atom stereocenters. The van der Waals surface area contributed by atoms with Crippen LogP contribution < -0.4 is 5.56 Å². The van der Waals surface area contributed by atoms with Gasteiger partial charge in [0.15, 0.2) is 5.78 Å². The molecule has 1 aromatic carbocycles. The van der Waals surface area contributed by atoms with E-state index in [1.807, 2.05) is 24.3 Å². The highest BCUT2D eigenvalue weighted by atomic mass is 35.5. The summed E-state index contributed by atoms with van der Waals surface area (Å²) in [6, 6.07) is 10.6. The van der Waals surface area contributed by atoms with Crippen LogP contribution in [0.2, 0.25) is 5.02 Å². The smallest absolute Gasteiger partial charge is 0.251 e. The average molecular weight is 288 g/mol. The average Bonchev–Trinajstić information content (AvgIpc) is 2.44. The number of aromatic nitrogens is 1. The standard InChI is InChI=1S/C16H14ClNO2/c17-13-5-2-1-4-11(13)10-18-14-6-3-7-15(19)12(14)8-9-16(18)20/h1-2,4-5,8-9H,3,6-7,10H2. The van der Waals surface area contributed by atoms with Crippen molar-refractivity contribution >= 4 is 17.4 Å². The third-order valence-corrected chi connectivity index (χ3v) is 4.07. The highest BCUT2D eigenvalue weighted by Crippen LogP contribution is 2.22. The maximum atomic E-state index is 12.1. The summed E-state index contributed by atoms with van der Waals surface area (Å²) in [7, 11) is 0. The minimum atomic E-state index is -0.0848. The third-order valence-electron chi connectivity index (χ3n) is 3.70. The van der Waals surface area contributed by atoms with Crippen molar-refractivity contribution < 1.29 is 4.79 Å². The number of carbonyl (C=O) groups excluding carboxylic acids is 1. The van der Waals surface area contributed by atoms with Crippen molar-refractivity contribution in [2.45, 2.75) is 25.8 Å². The van der Waals surface area contributed by atoms with Crippen LogP contribution in [0.3, 0.4) is 0 Å². The van der Waals surface area contributed by atoms with Crippen molar-refractivity contribution in [2.24, 2.45) is 0 Å². The van der Waals surface area contributed by atoms with Crippen molar-refractivity contribution in [3.05, 3.63) is 68.6 Å². The molecule has 0 spiro atoms. The monoisotopic (exact) mass is 287 g/mol. The summed E-state index contributed by atoms with van der Waals surface area (Å²) in [6.45, 7) is 0.412. The van der Waals surface area contributed by atoms with Gasteiger partial charge in [0.25, 0.3) is 5.56 Å². The molecule has 0 unspecified atom stereocenters. The van der Waals surface area contributed by atoms with E-state index in [4.69, 9.17) is 11.6 Å². The summed E-state index contributed by atoms with van der Waals surface area (Å²) in [5.74, 6) is 0.124. The molecule has 0 radical (unpaired) electrons. The van der Waals surface area contributed by atoms with E-state index in [0.717, 1.165) is 24.1 Å². The van der Waals surface area contributed by atoms with Crippen molar-refractivity contribution in [1.29, 1.82) is 0 Å². The lowest BCUT2D eigenvalue weighted by Crippen LogP contribution is -2.28. The van der Waals surface area contributed by atoms with Crippen molar-refractivity contribution in [1.82, 2.24) is 4.57 Å². The predicted molar refractivity (Wildman–Crippen MR) is 78.5 cm³/mol. The van der Waals surface area contributed by atoms with Crippen molar-refractivity contribution in [2.75, 3.05) is 0 Å². The molecule has 4 heteroatoms. The zero-order valence-corrected chi connectivity index (χ0v) is 11.7. The first-order valence-corrected chi connectivity index (χ1v) is 7.04. The largest absolute Gasteiger partial charge is 0.307 e. The number of hydrogen-bond acceptors (Lipinski definition) is 2. The molecular weight excluding hydrogens is 274 g/mol. The fourth-order valence-corrected chi connectivity index (χ4v) is 2.86. The van der Waals surface area contributed by atoms with Gasteiger partial charge in [-0.25, -0.2) is 0 Å². The topological polar surface area (TPSA) is 39.1 Å². The SMILES string of the molecule is O=C1CCCc2c1ccc(=O)n2Cc1ccccc1Cl. The fourth-order valence-electron chi connectivity index (χ4n) is 2.66. The summed E-state index contributed by atoms with van der Waals surface area (Å²) < 4.78 is 1.67. The number of benzene rings is 1. The predicted octanol–water partition coefficient (Wildman–Crippen LogP) is 3.07. The molecule has 0 saturated carbocycles. The van der Waals surface area contributed by atoms with E-state index in [-0.39, 0.29) is 11.3 Å². The second kappa shape index (κ2) is 5.25. The van der Waals surface area contributed by atoms with Gasteiger partial charge in [0.05, 0.1) is 6.54 Å². The molecule has 3 nitrogen and oxygen atoms in total. The normalized spacial score (nSPS) is 14.2. The maximum absolute atomic E-state index is 12.1. The molecule has 0 bridgehead atoms. The zero-order valence-electron chi connectivity index (χ0n) is 10.9. The Morgan fingerprint density at radius 3 is 2.65 bits per heavy atom. The van der Waals surface area contributed by atoms with Gasteiger partial charge in [0.2, 0.25) is 0 Å². The second-order valence-electron chi connectivity index (χ2n) is 4.99. The third kappa shape index (κ3) is 2.29. The Hall–Kier alpha value is -1.87. The van der Waals surface area contributed by atoms with Gasteiger partial charge in [-0.05, 0) is 30.5 Å². The van der Waals surface area contributed by atoms with Crippen LogP contribution in [0.25, 0.3) is 0 Å². The number of halogens is 1. The summed E-state index contributed by atoms with van der Waals surface area (Å²) in [6.07, 6.45) is 2.14. The lowest BCUT2D eigenvalue weighted by atomic mass is 9.94. The van der Waals surface area contributed by atoms with Gasteiger partial charge < -0.3 is 4.57 Å². The lowest BCUT2D eigenvalue weighted by Gasteiger charge is -2.20. The summed E-state index contributed by atoms with van der Waals surface area (Å²) >= 11 is 6.16. The lowest BCUT2D eigenvalue weighted by molar-refractivity contribution is 0.0970. The van der Waals surface area contributed by atoms with Gasteiger partial charge >= 0.3 is 0 Å². The highest BCUT2D eigenvalue weighted by molar-refractivity contribution is 6.31. The van der Waals surface area contributed by atoms with E-state index >= 15 is 0 Å². The van der Waals surface area contributed by atoms with Crippen LogP contribution in [-0.2, 0) is 13.0 Å². The van der Waals surface area contributed by atoms with Gasteiger partial charge in [0, 0.05) is 28.8 Å². The second-order valence-corrected chi connectivity index (χ2v) is 5.39. The Kier molecular flexibility index (Phi) is 3.45. The first kappa shape index (κ1) is 13.1. The number of pyridine rings is 1. The minimum absolute atomic E-state index is 0.0848. The first-order chi connectivity index (χ1) is 9.66. The molecule has 1 aliphatic carbocycles. The Balaban J connectivity index is 2.10. The van der Waals surface area contributed by atoms with Crippen LogP contribution >= 0.6 is 11.6 Å². The number of carbonyl (C=O) groups is 1. The zero-order chi connectivity index (χ0) is 14.1. The number of ketones is 1. The Labute approximate surface area is 121 Å². The number of nitrogens with zero attached hydrogens (tertiary/aromatic N) is 1. The van der Waals surface area contributed by atoms with E-state index in [2.05, 4.69) is 0 Å². The quantitative estimate of drug-likeness (QED) is 0.851. The van der Waals surface area contributed by atoms with E-state index in [0.29, 0.717) is 23.6 Å². The van der Waals surface area contributed by atoms with Crippen LogP contribution in [0, 0.1) is 0 Å². The molecule has 0 N–H and O–H groups in total. The van der Waals surface area contributed by atoms with Gasteiger partial charge in [-0.15, -0.1) is 0 Å². The number of Topliss-reactive ketones (excluding diaryl/α,β-unsaturated/α-hetero) is 1. The summed E-state index contributed by atoms with van der Waals surface area (Å²) in [5.41, 5.74) is 2.33. The molecule has 20 heavy (non-hydrogen) atoms. The maximum Gasteiger partial charge on any atom is 0.251 e. The Morgan fingerprint density at radius 2 is 1.85 bits per heavy atom. The fraction of sp³-hybridized carbons (Fsp3) is 0.250. The van der Waals surface area contributed by atoms with Gasteiger partial charge in [0.1, 0.15) is 0 Å². The van der Waals surface area contributed by atoms with Crippen LogP contribution in [0.4, 0.5) is 0 Å². The molecule has 102 valence electrons. The Bertz CT molecular complexity index is 733. The highest BCUT2D eigenvalue weighted by Gasteiger charge is 2.20. The molecule has 1 aromatic heterocycles. The molecule has 2 aromatic rings. The molecule has 0 saturated heterocycles. The van der Waals surface area contributed by atoms with Crippen molar-refractivity contribution in [3.8, 4) is 0 Å². The van der Waals surface area contributed by atoms with E-state index in [1.165, 1.54) is 6.07 Å². The molecule has 1 aliphatic rings. The van der Waals surface area contributed by atoms with Crippen LogP contribution in [0.15, 0.2) is 41.2 Å². The Morgan fingerprint density at radius 1 is 1.05 bits per heavy atom. The van der Waals surface area contributed by atoms with Gasteiger partial charge in [-0.2, -0.15) is 0 Å². The summed E-state index contributed by atoms with van der Waals surface area (Å²) in [4.78, 5) is 24.0. The van der Waals surface area contributed by atoms with Crippen LogP contribution in [0.1, 0.15) is 34.5 Å². The molecule has 0 amide bonds.